The Morgan fingerprint density at radius 2 is 1.94 bits per heavy atom. The van der Waals surface area contributed by atoms with Crippen molar-refractivity contribution in [2.24, 2.45) is 0 Å². The van der Waals surface area contributed by atoms with E-state index in [2.05, 4.69) is 4.98 Å². The molecule has 2 aromatic rings. The van der Waals surface area contributed by atoms with Crippen molar-refractivity contribution in [3.8, 4) is 0 Å². The standard InChI is InChI=1S/C10H7NO2S.C2H6/c12-10(13)8-5-9(14)6-3-1-2-4-7(6)11-8;1-2/h1-5H,(H,11,14)(H,12,13);1-2H3. The van der Waals surface area contributed by atoms with Crippen LogP contribution in [0, 0.1) is 4.51 Å². The molecule has 0 radical (unpaired) electrons. The predicted molar refractivity (Wildman–Crippen MR) is 67.4 cm³/mol. The van der Waals surface area contributed by atoms with Crippen LogP contribution in [0.3, 0.4) is 0 Å². The lowest BCUT2D eigenvalue weighted by atomic mass is 10.2. The molecule has 1 aromatic heterocycles. The Morgan fingerprint density at radius 3 is 2.56 bits per heavy atom. The van der Waals surface area contributed by atoms with Crippen molar-refractivity contribution in [2.45, 2.75) is 13.8 Å². The monoisotopic (exact) mass is 235 g/mol. The zero-order chi connectivity index (χ0) is 12.1. The van der Waals surface area contributed by atoms with Crippen molar-refractivity contribution in [1.82, 2.24) is 4.98 Å². The predicted octanol–water partition coefficient (Wildman–Crippen LogP) is 3.62. The van der Waals surface area contributed by atoms with Crippen molar-refractivity contribution in [3.05, 3.63) is 40.5 Å². The van der Waals surface area contributed by atoms with Gasteiger partial charge in [-0.3, -0.25) is 0 Å². The quantitative estimate of drug-likeness (QED) is 0.742. The van der Waals surface area contributed by atoms with E-state index in [1.165, 1.54) is 6.07 Å². The van der Waals surface area contributed by atoms with Crippen LogP contribution in [0.5, 0.6) is 0 Å². The maximum absolute atomic E-state index is 10.7. The molecule has 0 fully saturated rings. The van der Waals surface area contributed by atoms with Gasteiger partial charge in [0.2, 0.25) is 0 Å². The highest BCUT2D eigenvalue weighted by Gasteiger charge is 2.04. The molecule has 3 nitrogen and oxygen atoms in total. The maximum Gasteiger partial charge on any atom is 0.352 e. The van der Waals surface area contributed by atoms with E-state index in [1.54, 1.807) is 6.07 Å². The minimum Gasteiger partial charge on any atom is -0.477 e. The van der Waals surface area contributed by atoms with E-state index in [4.69, 9.17) is 17.3 Å². The molecule has 0 aliphatic carbocycles. The third-order valence-electron chi connectivity index (χ3n) is 1.97. The molecule has 0 spiro atoms. The molecule has 84 valence electrons. The van der Waals surface area contributed by atoms with Gasteiger partial charge in [-0.1, -0.05) is 44.3 Å². The van der Waals surface area contributed by atoms with Crippen LogP contribution in [0.25, 0.3) is 10.9 Å². The van der Waals surface area contributed by atoms with Crippen molar-refractivity contribution >= 4 is 29.1 Å². The smallest absolute Gasteiger partial charge is 0.352 e. The van der Waals surface area contributed by atoms with E-state index in [0.29, 0.717) is 4.51 Å². The number of aromatic amines is 1. The van der Waals surface area contributed by atoms with Gasteiger partial charge in [0.15, 0.2) is 0 Å². The number of H-pyrrole nitrogens is 1. The van der Waals surface area contributed by atoms with Gasteiger partial charge in [0.05, 0.1) is 0 Å². The number of rotatable bonds is 1. The topological polar surface area (TPSA) is 53.1 Å². The molecule has 0 aliphatic rings. The van der Waals surface area contributed by atoms with Gasteiger partial charge in [0.25, 0.3) is 0 Å². The summed E-state index contributed by atoms with van der Waals surface area (Å²) in [5, 5.41) is 9.66. The van der Waals surface area contributed by atoms with Crippen molar-refractivity contribution in [1.29, 1.82) is 0 Å². The molecule has 0 atom stereocenters. The van der Waals surface area contributed by atoms with Crippen molar-refractivity contribution < 1.29 is 9.90 Å². The minimum atomic E-state index is -0.998. The number of carbonyl (C=O) groups is 1. The van der Waals surface area contributed by atoms with Crippen molar-refractivity contribution in [3.63, 3.8) is 0 Å². The molecule has 1 aromatic carbocycles. The van der Waals surface area contributed by atoms with E-state index in [0.717, 1.165) is 10.9 Å². The summed E-state index contributed by atoms with van der Waals surface area (Å²) in [6.07, 6.45) is 0. The van der Waals surface area contributed by atoms with Gasteiger partial charge in [0, 0.05) is 15.4 Å². The summed E-state index contributed by atoms with van der Waals surface area (Å²) >= 11 is 5.08. The molecule has 16 heavy (non-hydrogen) atoms. The van der Waals surface area contributed by atoms with Gasteiger partial charge in [-0.2, -0.15) is 0 Å². The summed E-state index contributed by atoms with van der Waals surface area (Å²) in [4.78, 5) is 13.5. The highest BCUT2D eigenvalue weighted by molar-refractivity contribution is 7.71. The van der Waals surface area contributed by atoms with E-state index >= 15 is 0 Å². The number of pyridine rings is 1. The third kappa shape index (κ3) is 2.46. The number of hydrogen-bond acceptors (Lipinski definition) is 2. The van der Waals surface area contributed by atoms with Gasteiger partial charge in [-0.15, -0.1) is 0 Å². The Labute approximate surface area is 98.7 Å². The summed E-state index contributed by atoms with van der Waals surface area (Å²) in [5.41, 5.74) is 0.867. The lowest BCUT2D eigenvalue weighted by Gasteiger charge is -2.00. The van der Waals surface area contributed by atoms with Gasteiger partial charge in [-0.05, 0) is 12.1 Å². The fourth-order valence-corrected chi connectivity index (χ4v) is 1.61. The number of benzene rings is 1. The highest BCUT2D eigenvalue weighted by atomic mass is 32.1. The van der Waals surface area contributed by atoms with Crippen LogP contribution in [-0.4, -0.2) is 16.1 Å². The molecule has 0 saturated heterocycles. The second-order valence-corrected chi connectivity index (χ2v) is 3.34. The van der Waals surface area contributed by atoms with Crippen molar-refractivity contribution in [2.75, 3.05) is 0 Å². The van der Waals surface area contributed by atoms with E-state index < -0.39 is 5.97 Å². The van der Waals surface area contributed by atoms with Crippen LogP contribution in [0.4, 0.5) is 0 Å². The maximum atomic E-state index is 10.7. The van der Waals surface area contributed by atoms with Gasteiger partial charge in [0.1, 0.15) is 5.69 Å². The van der Waals surface area contributed by atoms with Crippen LogP contribution in [0.2, 0.25) is 0 Å². The Kier molecular flexibility index (Phi) is 4.19. The Morgan fingerprint density at radius 1 is 1.31 bits per heavy atom. The summed E-state index contributed by atoms with van der Waals surface area (Å²) in [6.45, 7) is 4.00. The van der Waals surface area contributed by atoms with Gasteiger partial charge >= 0.3 is 5.97 Å². The van der Waals surface area contributed by atoms with E-state index in [1.807, 2.05) is 32.0 Å². The normalized spacial score (nSPS) is 9.38. The molecule has 2 rings (SSSR count). The molecule has 1 heterocycles. The average molecular weight is 235 g/mol. The number of carboxylic acid groups (broad SMARTS) is 1. The number of aromatic nitrogens is 1. The molecule has 0 saturated carbocycles. The zero-order valence-corrected chi connectivity index (χ0v) is 9.97. The van der Waals surface area contributed by atoms with Crippen LogP contribution in [0.1, 0.15) is 24.3 Å². The number of aromatic carboxylic acids is 1. The number of hydrogen-bond donors (Lipinski definition) is 2. The number of nitrogens with one attached hydrogen (secondary N) is 1. The van der Waals surface area contributed by atoms with Crippen LogP contribution < -0.4 is 0 Å². The van der Waals surface area contributed by atoms with Crippen LogP contribution in [0.15, 0.2) is 30.3 Å². The van der Waals surface area contributed by atoms with E-state index in [-0.39, 0.29) is 5.69 Å². The fraction of sp³-hybridized carbons (Fsp3) is 0.167. The first-order chi connectivity index (χ1) is 7.68. The Balaban J connectivity index is 0.000000606. The molecule has 4 heteroatoms. The van der Waals surface area contributed by atoms with Crippen LogP contribution in [-0.2, 0) is 0 Å². The summed E-state index contributed by atoms with van der Waals surface area (Å²) in [7, 11) is 0. The Bertz CT molecular complexity index is 560. The molecule has 0 amide bonds. The molecule has 2 N–H and O–H groups in total. The number of fused-ring (bicyclic) bond motifs is 1. The zero-order valence-electron chi connectivity index (χ0n) is 9.15. The highest BCUT2D eigenvalue weighted by Crippen LogP contribution is 2.14. The number of carboxylic acids is 1. The molecular weight excluding hydrogens is 222 g/mol. The molecule has 0 unspecified atom stereocenters. The average Bonchev–Trinajstić information content (AvgIpc) is 2.31. The number of para-hydroxylation sites is 1. The lowest BCUT2D eigenvalue weighted by molar-refractivity contribution is 0.0691. The summed E-state index contributed by atoms with van der Waals surface area (Å²) in [6, 6.07) is 8.82. The minimum absolute atomic E-state index is 0.119. The molecule has 0 bridgehead atoms. The largest absolute Gasteiger partial charge is 0.477 e. The summed E-state index contributed by atoms with van der Waals surface area (Å²) in [5.74, 6) is -0.998. The molecular formula is C12H13NO2S. The first kappa shape index (κ1) is 12.4. The second-order valence-electron chi connectivity index (χ2n) is 2.90. The van der Waals surface area contributed by atoms with E-state index in [9.17, 15) is 4.79 Å². The Hall–Kier alpha value is -1.68. The fourth-order valence-electron chi connectivity index (χ4n) is 1.31. The summed E-state index contributed by atoms with van der Waals surface area (Å²) < 4.78 is 0.553. The first-order valence-electron chi connectivity index (χ1n) is 5.04. The molecule has 0 aliphatic heterocycles. The van der Waals surface area contributed by atoms with Crippen LogP contribution >= 0.6 is 12.2 Å². The second kappa shape index (κ2) is 5.42. The lowest BCUT2D eigenvalue weighted by Crippen LogP contribution is -2.00. The van der Waals surface area contributed by atoms with Gasteiger partial charge in [-0.25, -0.2) is 4.79 Å². The third-order valence-corrected chi connectivity index (χ3v) is 2.31. The van der Waals surface area contributed by atoms with Gasteiger partial charge < -0.3 is 10.1 Å². The first-order valence-corrected chi connectivity index (χ1v) is 5.44. The SMILES string of the molecule is CC.O=C(O)c1cc(=S)c2ccccc2[nH]1.